The minimum atomic E-state index is -1.16. The molecule has 0 aromatic heterocycles. The molecule has 8 heteroatoms. The predicted octanol–water partition coefficient (Wildman–Crippen LogP) is 3.44. The van der Waals surface area contributed by atoms with Crippen molar-refractivity contribution in [3.63, 3.8) is 0 Å². The molecule has 2 aromatic carbocycles. The van der Waals surface area contributed by atoms with Gasteiger partial charge in [-0.05, 0) is 48.9 Å². The molecule has 1 fully saturated rings. The second kappa shape index (κ2) is 9.10. The number of fused-ring (bicyclic) bond motifs is 3. The maximum atomic E-state index is 12.9. The highest BCUT2D eigenvalue weighted by Gasteiger charge is 2.52. The highest BCUT2D eigenvalue weighted by molar-refractivity contribution is 5.95. The number of carboxylic acids is 1. The summed E-state index contributed by atoms with van der Waals surface area (Å²) in [5.74, 6) is -1.77. The van der Waals surface area contributed by atoms with Crippen LogP contribution in [0.25, 0.3) is 11.1 Å². The average Bonchev–Trinajstić information content (AvgIpc) is 3.52. The molecule has 0 bridgehead atoms. The first-order valence-electron chi connectivity index (χ1n) is 11.4. The van der Waals surface area contributed by atoms with Crippen molar-refractivity contribution in [2.24, 2.45) is 0 Å². The molecule has 0 aliphatic heterocycles. The Morgan fingerprint density at radius 2 is 1.62 bits per heavy atom. The Morgan fingerprint density at radius 1 is 1.06 bits per heavy atom. The third-order valence-corrected chi connectivity index (χ3v) is 6.72. The summed E-state index contributed by atoms with van der Waals surface area (Å²) in [5.41, 5.74) is 2.58. The van der Waals surface area contributed by atoms with Gasteiger partial charge < -0.3 is 25.2 Å². The van der Waals surface area contributed by atoms with Crippen LogP contribution < -0.4 is 10.6 Å². The van der Waals surface area contributed by atoms with Gasteiger partial charge in [-0.25, -0.2) is 9.59 Å². The Hall–Kier alpha value is -3.39. The standard InChI is InChI=1S/C26H30N2O6/c1-25(2,33-3)14-21(22(29)30)27-23(31)26(12-13-26)28-24(32)34-15-20-18-10-6-4-8-16(18)17-9-5-7-11-19(17)20/h4-11,20-21H,12-15H2,1-3H3,(H,27,31)(H,28,32)(H,29,30). The first-order chi connectivity index (χ1) is 16.2. The minimum Gasteiger partial charge on any atom is -0.480 e. The van der Waals surface area contributed by atoms with Crippen LogP contribution in [0.1, 0.15) is 50.2 Å². The molecule has 2 aliphatic rings. The number of hydrogen-bond acceptors (Lipinski definition) is 5. The number of aliphatic carboxylic acids is 1. The van der Waals surface area contributed by atoms with Crippen LogP contribution in [0.4, 0.5) is 4.79 Å². The molecule has 0 heterocycles. The number of amides is 2. The molecule has 4 rings (SSSR count). The van der Waals surface area contributed by atoms with Crippen LogP contribution in [0.3, 0.4) is 0 Å². The lowest BCUT2D eigenvalue weighted by Crippen LogP contribution is -2.54. The molecule has 1 atom stereocenters. The highest BCUT2D eigenvalue weighted by atomic mass is 16.5. The number of carbonyl (C=O) groups is 3. The number of ether oxygens (including phenoxy) is 2. The fourth-order valence-electron chi connectivity index (χ4n) is 4.44. The van der Waals surface area contributed by atoms with E-state index in [4.69, 9.17) is 9.47 Å². The molecule has 180 valence electrons. The molecule has 0 saturated heterocycles. The van der Waals surface area contributed by atoms with Gasteiger partial charge in [0.15, 0.2) is 0 Å². The van der Waals surface area contributed by atoms with Gasteiger partial charge in [-0.1, -0.05) is 48.5 Å². The van der Waals surface area contributed by atoms with Crippen LogP contribution in [0.15, 0.2) is 48.5 Å². The topological polar surface area (TPSA) is 114 Å². The number of rotatable bonds is 9. The molecular formula is C26H30N2O6. The molecule has 0 radical (unpaired) electrons. The number of methoxy groups -OCH3 is 1. The molecular weight excluding hydrogens is 436 g/mol. The zero-order valence-corrected chi connectivity index (χ0v) is 19.6. The van der Waals surface area contributed by atoms with Crippen molar-refractivity contribution in [2.45, 2.75) is 56.2 Å². The minimum absolute atomic E-state index is 0.0882. The zero-order valence-electron chi connectivity index (χ0n) is 19.6. The third kappa shape index (κ3) is 4.77. The van der Waals surface area contributed by atoms with Crippen molar-refractivity contribution in [1.29, 1.82) is 0 Å². The van der Waals surface area contributed by atoms with Crippen molar-refractivity contribution in [3.8, 4) is 11.1 Å². The number of alkyl carbamates (subject to hydrolysis) is 1. The molecule has 1 saturated carbocycles. The Morgan fingerprint density at radius 3 is 2.12 bits per heavy atom. The largest absolute Gasteiger partial charge is 0.480 e. The zero-order chi connectivity index (χ0) is 24.5. The van der Waals surface area contributed by atoms with Gasteiger partial charge in [0.25, 0.3) is 0 Å². The summed E-state index contributed by atoms with van der Waals surface area (Å²) in [4.78, 5) is 37.1. The van der Waals surface area contributed by atoms with Gasteiger partial charge in [0, 0.05) is 19.4 Å². The quantitative estimate of drug-likeness (QED) is 0.522. The van der Waals surface area contributed by atoms with Crippen LogP contribution in [0, 0.1) is 0 Å². The van der Waals surface area contributed by atoms with Gasteiger partial charge in [-0.15, -0.1) is 0 Å². The number of carbonyl (C=O) groups excluding carboxylic acids is 2. The van der Waals surface area contributed by atoms with Gasteiger partial charge in [0.05, 0.1) is 5.60 Å². The van der Waals surface area contributed by atoms with Crippen LogP contribution in [0.5, 0.6) is 0 Å². The maximum Gasteiger partial charge on any atom is 0.408 e. The van der Waals surface area contributed by atoms with Gasteiger partial charge in [-0.2, -0.15) is 0 Å². The SMILES string of the molecule is COC(C)(C)CC(NC(=O)C1(NC(=O)OCC2c3ccccc3-c3ccccc32)CC1)C(=O)O. The van der Waals surface area contributed by atoms with Crippen LogP contribution in [-0.4, -0.2) is 54.0 Å². The molecule has 3 N–H and O–H groups in total. The normalized spacial score (nSPS) is 16.7. The van der Waals surface area contributed by atoms with Crippen LogP contribution in [-0.2, 0) is 19.1 Å². The molecule has 2 amide bonds. The Balaban J connectivity index is 1.38. The average molecular weight is 467 g/mol. The highest BCUT2D eigenvalue weighted by Crippen LogP contribution is 2.44. The summed E-state index contributed by atoms with van der Waals surface area (Å²) in [6.45, 7) is 3.63. The van der Waals surface area contributed by atoms with Crippen LogP contribution in [0.2, 0.25) is 0 Å². The Labute approximate surface area is 198 Å². The second-order valence-corrected chi connectivity index (χ2v) is 9.56. The molecule has 0 spiro atoms. The van der Waals surface area contributed by atoms with Crippen molar-refractivity contribution >= 4 is 18.0 Å². The van der Waals surface area contributed by atoms with E-state index in [1.807, 2.05) is 36.4 Å². The summed E-state index contributed by atoms with van der Waals surface area (Å²) in [5, 5.41) is 14.7. The van der Waals surface area contributed by atoms with E-state index < -0.39 is 35.2 Å². The van der Waals surface area contributed by atoms with E-state index in [1.54, 1.807) is 13.8 Å². The van der Waals surface area contributed by atoms with Crippen molar-refractivity contribution in [2.75, 3.05) is 13.7 Å². The van der Waals surface area contributed by atoms with Gasteiger partial charge in [0.1, 0.15) is 18.2 Å². The van der Waals surface area contributed by atoms with Crippen molar-refractivity contribution < 1.29 is 29.0 Å². The Kier molecular flexibility index (Phi) is 6.36. The maximum absolute atomic E-state index is 12.9. The molecule has 34 heavy (non-hydrogen) atoms. The first kappa shape index (κ1) is 23.8. The number of nitrogens with one attached hydrogen (secondary N) is 2. The Bertz CT molecular complexity index is 1060. The smallest absolute Gasteiger partial charge is 0.408 e. The van der Waals surface area contributed by atoms with Gasteiger partial charge in [-0.3, -0.25) is 4.79 Å². The van der Waals surface area contributed by atoms with E-state index in [2.05, 4.69) is 22.8 Å². The van der Waals surface area contributed by atoms with Crippen molar-refractivity contribution in [1.82, 2.24) is 10.6 Å². The van der Waals surface area contributed by atoms with Crippen molar-refractivity contribution in [3.05, 3.63) is 59.7 Å². The lowest BCUT2D eigenvalue weighted by Gasteiger charge is -2.28. The summed E-state index contributed by atoms with van der Waals surface area (Å²) in [7, 11) is 1.49. The van der Waals surface area contributed by atoms with E-state index in [9.17, 15) is 19.5 Å². The van der Waals surface area contributed by atoms with E-state index >= 15 is 0 Å². The molecule has 2 aromatic rings. The van der Waals surface area contributed by atoms with Gasteiger partial charge >= 0.3 is 12.1 Å². The monoisotopic (exact) mass is 466 g/mol. The molecule has 1 unspecified atom stereocenters. The lowest BCUT2D eigenvalue weighted by atomic mass is 9.98. The summed E-state index contributed by atoms with van der Waals surface area (Å²) < 4.78 is 10.8. The summed E-state index contributed by atoms with van der Waals surface area (Å²) >= 11 is 0. The molecule has 2 aliphatic carbocycles. The number of benzene rings is 2. The first-order valence-corrected chi connectivity index (χ1v) is 11.4. The number of carboxylic acid groups (broad SMARTS) is 1. The van der Waals surface area contributed by atoms with Crippen LogP contribution >= 0.6 is 0 Å². The lowest BCUT2D eigenvalue weighted by molar-refractivity contribution is -0.144. The summed E-state index contributed by atoms with van der Waals surface area (Å²) in [6.07, 6.45) is 0.233. The fraction of sp³-hybridized carbons (Fsp3) is 0.423. The fourth-order valence-corrected chi connectivity index (χ4v) is 4.44. The van der Waals surface area contributed by atoms with Gasteiger partial charge in [0.2, 0.25) is 5.91 Å². The number of hydrogen-bond donors (Lipinski definition) is 3. The van der Waals surface area contributed by atoms with E-state index in [1.165, 1.54) is 7.11 Å². The second-order valence-electron chi connectivity index (χ2n) is 9.56. The van der Waals surface area contributed by atoms with E-state index in [0.717, 1.165) is 22.3 Å². The summed E-state index contributed by atoms with van der Waals surface area (Å²) in [6, 6.07) is 14.9. The van der Waals surface area contributed by atoms with E-state index in [0.29, 0.717) is 12.8 Å². The third-order valence-electron chi connectivity index (χ3n) is 6.72. The van der Waals surface area contributed by atoms with E-state index in [-0.39, 0.29) is 18.9 Å². The molecule has 8 nitrogen and oxygen atoms in total. The predicted molar refractivity (Wildman–Crippen MR) is 125 cm³/mol.